The van der Waals surface area contributed by atoms with Crippen molar-refractivity contribution in [1.29, 1.82) is 0 Å². The number of carbonyl (C=O) groups excluding carboxylic acids is 1. The topological polar surface area (TPSA) is 54.9 Å². The number of quaternary nitrogens is 1. The summed E-state index contributed by atoms with van der Waals surface area (Å²) in [7, 11) is 1.60. The number of halogens is 1. The second-order valence-electron chi connectivity index (χ2n) is 6.61. The quantitative estimate of drug-likeness (QED) is 0.632. The van der Waals surface area contributed by atoms with Crippen LogP contribution in [0.3, 0.4) is 0 Å². The third kappa shape index (κ3) is 4.91. The van der Waals surface area contributed by atoms with Gasteiger partial charge in [0, 0.05) is 16.1 Å². The molecule has 0 aliphatic rings. The second-order valence-corrected chi connectivity index (χ2v) is 7.02. The molecule has 1 amide bonds. The van der Waals surface area contributed by atoms with E-state index in [9.17, 15) is 4.79 Å². The summed E-state index contributed by atoms with van der Waals surface area (Å²) in [6.45, 7) is 2.57. The summed E-state index contributed by atoms with van der Waals surface area (Å²) in [5, 5.41) is 5.72. The average molecular weight is 396 g/mol. The second kappa shape index (κ2) is 9.40. The van der Waals surface area contributed by atoms with Gasteiger partial charge in [-0.3, -0.25) is 4.79 Å². The Balaban J connectivity index is 1.84. The van der Waals surface area contributed by atoms with E-state index in [1.165, 1.54) is 0 Å². The van der Waals surface area contributed by atoms with Gasteiger partial charge >= 0.3 is 0 Å². The van der Waals surface area contributed by atoms with Crippen LogP contribution in [0.25, 0.3) is 0 Å². The first kappa shape index (κ1) is 19.9. The number of anilines is 1. The Hall–Kier alpha value is -2.82. The van der Waals surface area contributed by atoms with Crippen molar-refractivity contribution in [3.8, 4) is 5.75 Å². The van der Waals surface area contributed by atoms with Crippen molar-refractivity contribution in [2.45, 2.75) is 19.5 Å². The average Bonchev–Trinajstić information content (AvgIpc) is 2.70. The van der Waals surface area contributed by atoms with Crippen LogP contribution in [0.4, 0.5) is 5.69 Å². The Labute approximate surface area is 170 Å². The van der Waals surface area contributed by atoms with Gasteiger partial charge in [0.15, 0.2) is 6.04 Å². The molecule has 3 N–H and O–H groups in total. The maximum absolute atomic E-state index is 13.2. The maximum atomic E-state index is 13.2. The van der Waals surface area contributed by atoms with Crippen LogP contribution in [-0.4, -0.2) is 13.0 Å². The molecule has 0 heterocycles. The summed E-state index contributed by atoms with van der Waals surface area (Å²) in [6, 6.07) is 22.7. The summed E-state index contributed by atoms with van der Waals surface area (Å²) < 4.78 is 5.39. The van der Waals surface area contributed by atoms with Gasteiger partial charge in [0.1, 0.15) is 12.3 Å². The summed E-state index contributed by atoms with van der Waals surface area (Å²) in [5.74, 6) is 0.527. The first-order valence-corrected chi connectivity index (χ1v) is 9.53. The van der Waals surface area contributed by atoms with Gasteiger partial charge in [0.2, 0.25) is 0 Å². The molecule has 4 nitrogen and oxygen atoms in total. The number of aryl methyl sites for hydroxylation is 1. The monoisotopic (exact) mass is 395 g/mol. The van der Waals surface area contributed by atoms with Crippen LogP contribution in [0.1, 0.15) is 22.7 Å². The van der Waals surface area contributed by atoms with Crippen LogP contribution in [0.2, 0.25) is 5.02 Å². The summed E-state index contributed by atoms with van der Waals surface area (Å²) in [5.41, 5.74) is 3.64. The lowest BCUT2D eigenvalue weighted by atomic mass is 10.1. The zero-order chi connectivity index (χ0) is 19.9. The highest BCUT2D eigenvalue weighted by Crippen LogP contribution is 2.26. The number of rotatable bonds is 7. The van der Waals surface area contributed by atoms with Crippen molar-refractivity contribution in [2.24, 2.45) is 0 Å². The molecule has 0 aliphatic carbocycles. The van der Waals surface area contributed by atoms with E-state index in [1.807, 2.05) is 85.0 Å². The van der Waals surface area contributed by atoms with E-state index in [-0.39, 0.29) is 5.91 Å². The molecule has 5 heteroatoms. The number of nitrogens with two attached hydrogens (primary N) is 1. The fourth-order valence-electron chi connectivity index (χ4n) is 3.09. The lowest BCUT2D eigenvalue weighted by Crippen LogP contribution is -2.85. The van der Waals surface area contributed by atoms with Gasteiger partial charge in [-0.15, -0.1) is 0 Å². The number of nitrogens with one attached hydrogen (secondary N) is 1. The molecule has 0 radical (unpaired) electrons. The first-order chi connectivity index (χ1) is 13.6. The van der Waals surface area contributed by atoms with Gasteiger partial charge < -0.3 is 15.4 Å². The van der Waals surface area contributed by atoms with E-state index in [4.69, 9.17) is 16.3 Å². The molecular formula is C23H24ClN2O2+. The minimum atomic E-state index is -0.414. The number of amides is 1. The van der Waals surface area contributed by atoms with Crippen LogP contribution in [-0.2, 0) is 11.3 Å². The van der Waals surface area contributed by atoms with E-state index in [0.717, 1.165) is 16.7 Å². The highest BCUT2D eigenvalue weighted by Gasteiger charge is 2.25. The Bertz CT molecular complexity index is 944. The maximum Gasteiger partial charge on any atom is 0.287 e. The zero-order valence-corrected chi connectivity index (χ0v) is 16.7. The predicted molar refractivity (Wildman–Crippen MR) is 113 cm³/mol. The van der Waals surface area contributed by atoms with E-state index in [0.29, 0.717) is 23.0 Å². The predicted octanol–water partition coefficient (Wildman–Crippen LogP) is 4.10. The minimum absolute atomic E-state index is 0.109. The number of hydrogen-bond donors (Lipinski definition) is 2. The molecule has 0 bridgehead atoms. The molecule has 1 atom stereocenters. The third-order valence-corrected chi connectivity index (χ3v) is 4.95. The summed E-state index contributed by atoms with van der Waals surface area (Å²) in [4.78, 5) is 13.2. The van der Waals surface area contributed by atoms with Crippen molar-refractivity contribution in [2.75, 3.05) is 12.4 Å². The number of ether oxygens (including phenoxy) is 1. The fourth-order valence-corrected chi connectivity index (χ4v) is 3.31. The number of hydrogen-bond acceptors (Lipinski definition) is 2. The van der Waals surface area contributed by atoms with Gasteiger partial charge in [-0.2, -0.15) is 0 Å². The van der Waals surface area contributed by atoms with Gasteiger partial charge in [-0.1, -0.05) is 66.2 Å². The Morgan fingerprint density at radius 3 is 2.50 bits per heavy atom. The highest BCUT2D eigenvalue weighted by atomic mass is 35.5. The van der Waals surface area contributed by atoms with E-state index < -0.39 is 6.04 Å². The molecular weight excluding hydrogens is 372 g/mol. The largest absolute Gasteiger partial charge is 0.495 e. The van der Waals surface area contributed by atoms with Gasteiger partial charge in [0.05, 0.1) is 12.8 Å². The van der Waals surface area contributed by atoms with Crippen molar-refractivity contribution in [3.05, 3.63) is 94.5 Å². The van der Waals surface area contributed by atoms with Crippen LogP contribution in [0.15, 0.2) is 72.8 Å². The molecule has 3 aromatic rings. The number of carbonyl (C=O) groups is 1. The molecule has 3 rings (SSSR count). The summed E-state index contributed by atoms with van der Waals surface area (Å²) >= 11 is 6.28. The van der Waals surface area contributed by atoms with Crippen molar-refractivity contribution in [3.63, 3.8) is 0 Å². The van der Waals surface area contributed by atoms with E-state index in [1.54, 1.807) is 7.11 Å². The molecule has 0 spiro atoms. The molecule has 0 fully saturated rings. The van der Waals surface area contributed by atoms with Crippen molar-refractivity contribution in [1.82, 2.24) is 0 Å². The lowest BCUT2D eigenvalue weighted by molar-refractivity contribution is -0.697. The van der Waals surface area contributed by atoms with E-state index >= 15 is 0 Å². The molecule has 0 aromatic heterocycles. The van der Waals surface area contributed by atoms with Gasteiger partial charge in [-0.05, 0) is 30.7 Å². The molecule has 0 saturated heterocycles. The molecule has 3 aromatic carbocycles. The standard InChI is InChI=1S/C23H23ClN2O2/c1-16-12-13-21(28-2)20(14-16)26-23(27)22(17-8-4-3-5-9-17)25-15-18-10-6-7-11-19(18)24/h3-14,22,25H,15H2,1-2H3,(H,26,27)/p+1/t22-/m1/s1. The Morgan fingerprint density at radius 2 is 1.79 bits per heavy atom. The molecule has 0 unspecified atom stereocenters. The van der Waals surface area contributed by atoms with Crippen molar-refractivity contribution < 1.29 is 14.8 Å². The van der Waals surface area contributed by atoms with E-state index in [2.05, 4.69) is 5.32 Å². The SMILES string of the molecule is COc1ccc(C)cc1NC(=O)[C@H]([NH2+]Cc1ccccc1Cl)c1ccccc1. The van der Waals surface area contributed by atoms with Crippen LogP contribution in [0.5, 0.6) is 5.75 Å². The highest BCUT2D eigenvalue weighted by molar-refractivity contribution is 6.31. The van der Waals surface area contributed by atoms with Gasteiger partial charge in [-0.25, -0.2) is 0 Å². The van der Waals surface area contributed by atoms with Crippen LogP contribution in [0, 0.1) is 6.92 Å². The number of benzene rings is 3. The van der Waals surface area contributed by atoms with Crippen LogP contribution >= 0.6 is 11.6 Å². The molecule has 0 saturated carbocycles. The Morgan fingerprint density at radius 1 is 1.07 bits per heavy atom. The zero-order valence-electron chi connectivity index (χ0n) is 16.0. The van der Waals surface area contributed by atoms with Crippen molar-refractivity contribution >= 4 is 23.2 Å². The molecule has 28 heavy (non-hydrogen) atoms. The molecule has 144 valence electrons. The molecule has 0 aliphatic heterocycles. The number of methoxy groups -OCH3 is 1. The normalized spacial score (nSPS) is 11.7. The van der Waals surface area contributed by atoms with Gasteiger partial charge in [0.25, 0.3) is 5.91 Å². The Kier molecular flexibility index (Phi) is 6.69. The minimum Gasteiger partial charge on any atom is -0.495 e. The first-order valence-electron chi connectivity index (χ1n) is 9.15. The fraction of sp³-hybridized carbons (Fsp3) is 0.174. The third-order valence-electron chi connectivity index (χ3n) is 4.59. The smallest absolute Gasteiger partial charge is 0.287 e. The summed E-state index contributed by atoms with van der Waals surface area (Å²) in [6.07, 6.45) is 0. The lowest BCUT2D eigenvalue weighted by Gasteiger charge is -2.18. The van der Waals surface area contributed by atoms with Crippen LogP contribution < -0.4 is 15.4 Å².